The summed E-state index contributed by atoms with van der Waals surface area (Å²) in [5.74, 6) is -1.74. The number of aliphatic hydroxyl groups is 1. The van der Waals surface area contributed by atoms with Crippen molar-refractivity contribution >= 4 is 33.2 Å². The molecule has 6 nitrogen and oxygen atoms in total. The summed E-state index contributed by atoms with van der Waals surface area (Å²) in [5.41, 5.74) is -3.89. The number of carbonyl (C=O) groups is 1. The van der Waals surface area contributed by atoms with Crippen LogP contribution in [0.2, 0.25) is 5.02 Å². The first-order valence-corrected chi connectivity index (χ1v) is 8.09. The van der Waals surface area contributed by atoms with Crippen molar-refractivity contribution < 1.29 is 31.5 Å². The molecule has 0 aromatic heterocycles. The first-order valence-electron chi connectivity index (χ1n) is 6.22. The van der Waals surface area contributed by atoms with E-state index in [1.807, 2.05) is 5.32 Å². The molecule has 0 saturated carbocycles. The van der Waals surface area contributed by atoms with E-state index in [1.54, 1.807) is 6.92 Å². The molecule has 0 fully saturated rings. The SMILES string of the molecule is CCNS(=O)(=O)c1ccc(NC(=O)[C@@](C)(O)C(F)(F)F)c(Cl)c1. The minimum absolute atomic E-state index is 0.132. The molecule has 1 aromatic carbocycles. The number of benzene rings is 1. The number of carbonyl (C=O) groups excluding carboxylic acids is 1. The highest BCUT2D eigenvalue weighted by Gasteiger charge is 2.55. The second-order valence-corrected chi connectivity index (χ2v) is 6.84. The van der Waals surface area contributed by atoms with Gasteiger partial charge in [-0.2, -0.15) is 13.2 Å². The molecule has 3 N–H and O–H groups in total. The molecule has 0 aliphatic carbocycles. The van der Waals surface area contributed by atoms with Gasteiger partial charge in [0.15, 0.2) is 0 Å². The second kappa shape index (κ2) is 6.63. The summed E-state index contributed by atoms with van der Waals surface area (Å²) >= 11 is 5.77. The summed E-state index contributed by atoms with van der Waals surface area (Å²) < 4.78 is 63.4. The van der Waals surface area contributed by atoms with Gasteiger partial charge in [-0.25, -0.2) is 13.1 Å². The van der Waals surface area contributed by atoms with Crippen LogP contribution in [0.4, 0.5) is 18.9 Å². The standard InChI is InChI=1S/C12H14ClF3N2O4S/c1-3-17-23(21,22)7-4-5-9(8(13)6-7)18-10(19)11(2,20)12(14,15)16/h4-6,17,20H,3H2,1-2H3,(H,18,19)/t11-/m1/s1. The average Bonchev–Trinajstić information content (AvgIpc) is 2.39. The largest absolute Gasteiger partial charge is 0.426 e. The summed E-state index contributed by atoms with van der Waals surface area (Å²) in [6.45, 7) is 1.99. The molecule has 11 heteroatoms. The summed E-state index contributed by atoms with van der Waals surface area (Å²) in [6, 6.07) is 3.05. The van der Waals surface area contributed by atoms with Gasteiger partial charge in [0.25, 0.3) is 5.91 Å². The summed E-state index contributed by atoms with van der Waals surface area (Å²) in [4.78, 5) is 11.3. The van der Waals surface area contributed by atoms with Crippen LogP contribution in [0, 0.1) is 0 Å². The topological polar surface area (TPSA) is 95.5 Å². The third kappa shape index (κ3) is 4.34. The molecule has 0 saturated heterocycles. The van der Waals surface area contributed by atoms with Crippen molar-refractivity contribution in [2.24, 2.45) is 0 Å². The molecular formula is C12H14ClF3N2O4S. The third-order valence-corrected chi connectivity index (χ3v) is 4.68. The fourth-order valence-electron chi connectivity index (χ4n) is 1.41. The molecule has 0 unspecified atom stereocenters. The first-order chi connectivity index (χ1) is 10.3. The van der Waals surface area contributed by atoms with Crippen LogP contribution in [-0.4, -0.2) is 37.8 Å². The monoisotopic (exact) mass is 374 g/mol. The fourth-order valence-corrected chi connectivity index (χ4v) is 2.77. The van der Waals surface area contributed by atoms with Crippen LogP contribution in [0.1, 0.15) is 13.8 Å². The van der Waals surface area contributed by atoms with Crippen molar-refractivity contribution in [3.05, 3.63) is 23.2 Å². The van der Waals surface area contributed by atoms with E-state index in [-0.39, 0.29) is 22.2 Å². The average molecular weight is 375 g/mol. The van der Waals surface area contributed by atoms with E-state index in [1.165, 1.54) is 0 Å². The van der Waals surface area contributed by atoms with Crippen LogP contribution >= 0.6 is 11.6 Å². The predicted octanol–water partition coefficient (Wildman–Crippen LogP) is 1.89. The molecule has 1 rings (SSSR count). The molecule has 1 atom stereocenters. The summed E-state index contributed by atoms with van der Waals surface area (Å²) in [5, 5.41) is 10.8. The van der Waals surface area contributed by atoms with Crippen LogP contribution in [0.5, 0.6) is 0 Å². The van der Waals surface area contributed by atoms with Gasteiger partial charge in [-0.15, -0.1) is 0 Å². The van der Waals surface area contributed by atoms with E-state index in [4.69, 9.17) is 11.6 Å². The smallest absolute Gasteiger partial charge is 0.373 e. The van der Waals surface area contributed by atoms with Gasteiger partial charge in [0.1, 0.15) is 0 Å². The lowest BCUT2D eigenvalue weighted by Crippen LogP contribution is -2.52. The zero-order chi connectivity index (χ0) is 18.1. The van der Waals surface area contributed by atoms with Gasteiger partial charge in [-0.1, -0.05) is 18.5 Å². The quantitative estimate of drug-likeness (QED) is 0.733. The van der Waals surface area contributed by atoms with Gasteiger partial charge >= 0.3 is 6.18 Å². The van der Waals surface area contributed by atoms with Crippen molar-refractivity contribution in [1.82, 2.24) is 4.72 Å². The number of halogens is 4. The molecule has 1 aromatic rings. The Morgan fingerprint density at radius 3 is 2.35 bits per heavy atom. The maximum absolute atomic E-state index is 12.6. The van der Waals surface area contributed by atoms with Crippen LogP contribution in [0.3, 0.4) is 0 Å². The third-order valence-electron chi connectivity index (χ3n) is 2.83. The second-order valence-electron chi connectivity index (χ2n) is 4.67. The van der Waals surface area contributed by atoms with E-state index >= 15 is 0 Å². The van der Waals surface area contributed by atoms with E-state index in [0.29, 0.717) is 6.92 Å². The molecule has 0 bridgehead atoms. The van der Waals surface area contributed by atoms with Crippen LogP contribution < -0.4 is 10.0 Å². The molecule has 130 valence electrons. The van der Waals surface area contributed by atoms with Crippen molar-refractivity contribution in [1.29, 1.82) is 0 Å². The van der Waals surface area contributed by atoms with Gasteiger partial charge in [0, 0.05) is 6.54 Å². The number of anilines is 1. The van der Waals surface area contributed by atoms with Gasteiger partial charge < -0.3 is 10.4 Å². The molecule has 0 radical (unpaired) electrons. The van der Waals surface area contributed by atoms with E-state index in [9.17, 15) is 31.5 Å². The molecule has 23 heavy (non-hydrogen) atoms. The van der Waals surface area contributed by atoms with Crippen LogP contribution in [-0.2, 0) is 14.8 Å². The van der Waals surface area contributed by atoms with Gasteiger partial charge in [0.05, 0.1) is 15.6 Å². The van der Waals surface area contributed by atoms with Gasteiger partial charge in [0.2, 0.25) is 15.6 Å². The Morgan fingerprint density at radius 2 is 1.91 bits per heavy atom. The molecule has 0 aliphatic rings. The molecular weight excluding hydrogens is 361 g/mol. The predicted molar refractivity (Wildman–Crippen MR) is 77.6 cm³/mol. The number of hydrogen-bond acceptors (Lipinski definition) is 4. The highest BCUT2D eigenvalue weighted by molar-refractivity contribution is 7.89. The number of nitrogens with one attached hydrogen (secondary N) is 2. The molecule has 1 amide bonds. The van der Waals surface area contributed by atoms with Crippen molar-refractivity contribution in [3.8, 4) is 0 Å². The Balaban J connectivity index is 3.08. The van der Waals surface area contributed by atoms with Crippen LogP contribution in [0.25, 0.3) is 0 Å². The zero-order valence-electron chi connectivity index (χ0n) is 12.0. The van der Waals surface area contributed by atoms with Crippen molar-refractivity contribution in [2.75, 3.05) is 11.9 Å². The zero-order valence-corrected chi connectivity index (χ0v) is 13.6. The Morgan fingerprint density at radius 1 is 1.35 bits per heavy atom. The number of alkyl halides is 3. The highest BCUT2D eigenvalue weighted by atomic mass is 35.5. The Labute approximate surface area is 135 Å². The Bertz CT molecular complexity index is 705. The molecule has 0 spiro atoms. The van der Waals surface area contributed by atoms with Crippen molar-refractivity contribution in [3.63, 3.8) is 0 Å². The molecule has 0 aliphatic heterocycles. The Kier molecular flexibility index (Phi) is 5.68. The van der Waals surface area contributed by atoms with Crippen LogP contribution in [0.15, 0.2) is 23.1 Å². The maximum atomic E-state index is 12.6. The normalized spacial score (nSPS) is 15.1. The number of rotatable bonds is 5. The number of sulfonamides is 1. The lowest BCUT2D eigenvalue weighted by Gasteiger charge is -2.25. The summed E-state index contributed by atoms with van der Waals surface area (Å²) in [6.07, 6.45) is -5.18. The lowest BCUT2D eigenvalue weighted by molar-refractivity contribution is -0.242. The van der Waals surface area contributed by atoms with Gasteiger partial charge in [-0.3, -0.25) is 4.79 Å². The highest BCUT2D eigenvalue weighted by Crippen LogP contribution is 2.32. The Hall–Kier alpha value is -1.36. The number of hydrogen-bond donors (Lipinski definition) is 3. The van der Waals surface area contributed by atoms with E-state index in [0.717, 1.165) is 18.2 Å². The van der Waals surface area contributed by atoms with Crippen molar-refractivity contribution in [2.45, 2.75) is 30.5 Å². The fraction of sp³-hybridized carbons (Fsp3) is 0.417. The molecule has 0 heterocycles. The maximum Gasteiger partial charge on any atom is 0.426 e. The minimum Gasteiger partial charge on any atom is -0.373 e. The number of amides is 1. The van der Waals surface area contributed by atoms with E-state index in [2.05, 4.69) is 4.72 Å². The van der Waals surface area contributed by atoms with E-state index < -0.39 is 27.7 Å². The summed E-state index contributed by atoms with van der Waals surface area (Å²) in [7, 11) is -3.81. The van der Waals surface area contributed by atoms with Gasteiger partial charge in [-0.05, 0) is 25.1 Å². The first kappa shape index (κ1) is 19.7. The minimum atomic E-state index is -5.18. The lowest BCUT2D eigenvalue weighted by atomic mass is 10.1.